The summed E-state index contributed by atoms with van der Waals surface area (Å²) in [5.41, 5.74) is 2.69. The molecule has 176 valence electrons. The summed E-state index contributed by atoms with van der Waals surface area (Å²) in [6.07, 6.45) is 3.16. The second kappa shape index (κ2) is 11.0. The molecular formula is C29H25NO5. The zero-order valence-corrected chi connectivity index (χ0v) is 19.2. The lowest BCUT2D eigenvalue weighted by molar-refractivity contribution is -0.131. The van der Waals surface area contributed by atoms with Crippen LogP contribution in [0.15, 0.2) is 91.0 Å². The molecule has 0 saturated heterocycles. The van der Waals surface area contributed by atoms with Crippen molar-refractivity contribution in [1.29, 1.82) is 0 Å². The topological polar surface area (TPSA) is 84.9 Å². The number of hydrogen-bond donors (Lipinski definition) is 2. The molecule has 0 heterocycles. The zero-order chi connectivity index (χ0) is 24.6. The van der Waals surface area contributed by atoms with Gasteiger partial charge in [0.15, 0.2) is 0 Å². The van der Waals surface area contributed by atoms with Crippen molar-refractivity contribution in [2.45, 2.75) is 6.42 Å². The molecule has 0 aliphatic rings. The molecule has 0 aromatic heterocycles. The van der Waals surface area contributed by atoms with Gasteiger partial charge in [-0.1, -0.05) is 54.6 Å². The van der Waals surface area contributed by atoms with E-state index >= 15 is 0 Å². The fraction of sp³-hybridized carbons (Fsp3) is 0.103. The van der Waals surface area contributed by atoms with Gasteiger partial charge in [-0.25, -0.2) is 4.79 Å². The number of ether oxygens (including phenoxy) is 2. The van der Waals surface area contributed by atoms with Gasteiger partial charge in [-0.15, -0.1) is 0 Å². The molecular weight excluding hydrogens is 442 g/mol. The van der Waals surface area contributed by atoms with Crippen LogP contribution in [0.4, 0.5) is 5.69 Å². The number of anilines is 1. The maximum absolute atomic E-state index is 12.8. The molecule has 0 aliphatic heterocycles. The van der Waals surface area contributed by atoms with E-state index in [1.165, 1.54) is 11.5 Å². The Morgan fingerprint density at radius 1 is 0.914 bits per heavy atom. The Labute approximate surface area is 203 Å². The van der Waals surface area contributed by atoms with Crippen LogP contribution < -0.4 is 14.8 Å². The first-order valence-electron chi connectivity index (χ1n) is 11.1. The van der Waals surface area contributed by atoms with Gasteiger partial charge >= 0.3 is 5.97 Å². The van der Waals surface area contributed by atoms with Gasteiger partial charge in [-0.3, -0.25) is 4.79 Å². The predicted octanol–water partition coefficient (Wildman–Crippen LogP) is 5.82. The smallest absolute Gasteiger partial charge is 0.328 e. The van der Waals surface area contributed by atoms with Crippen LogP contribution in [0.1, 0.15) is 21.5 Å². The van der Waals surface area contributed by atoms with E-state index in [2.05, 4.69) is 35.6 Å². The number of aliphatic carboxylic acids is 1. The molecule has 4 aromatic carbocycles. The average molecular weight is 468 g/mol. The molecule has 2 N–H and O–H groups in total. The highest BCUT2D eigenvalue weighted by Crippen LogP contribution is 2.24. The lowest BCUT2D eigenvalue weighted by Crippen LogP contribution is -2.12. The van der Waals surface area contributed by atoms with Gasteiger partial charge in [0.2, 0.25) is 0 Å². The summed E-state index contributed by atoms with van der Waals surface area (Å²) in [5, 5.41) is 14.2. The van der Waals surface area contributed by atoms with E-state index in [4.69, 9.17) is 14.6 Å². The average Bonchev–Trinajstić information content (AvgIpc) is 2.87. The Morgan fingerprint density at radius 3 is 2.54 bits per heavy atom. The summed E-state index contributed by atoms with van der Waals surface area (Å²) in [5.74, 6) is -0.311. The zero-order valence-electron chi connectivity index (χ0n) is 19.2. The lowest BCUT2D eigenvalue weighted by atomic mass is 10.1. The minimum absolute atomic E-state index is 0.314. The Hall–Kier alpha value is -4.58. The maximum atomic E-state index is 12.8. The van der Waals surface area contributed by atoms with Crippen LogP contribution in [-0.2, 0) is 11.2 Å². The van der Waals surface area contributed by atoms with Gasteiger partial charge in [0, 0.05) is 35.4 Å². The first-order chi connectivity index (χ1) is 17.0. The minimum atomic E-state index is -1.06. The van der Waals surface area contributed by atoms with Crippen LogP contribution in [0.25, 0.3) is 16.8 Å². The van der Waals surface area contributed by atoms with E-state index in [0.29, 0.717) is 41.3 Å². The highest BCUT2D eigenvalue weighted by atomic mass is 16.5. The van der Waals surface area contributed by atoms with Crippen molar-refractivity contribution < 1.29 is 24.2 Å². The third-order valence-electron chi connectivity index (χ3n) is 5.47. The SMILES string of the molecule is COc1cccc(NC(=O)c2ccc(/C=C/C(=O)O)c(OCCc3ccc4ccccc4c3)c2)c1. The van der Waals surface area contributed by atoms with Crippen molar-refractivity contribution in [2.75, 3.05) is 19.0 Å². The number of amides is 1. The summed E-state index contributed by atoms with van der Waals surface area (Å²) >= 11 is 0. The van der Waals surface area contributed by atoms with Gasteiger partial charge in [-0.05, 0) is 46.7 Å². The number of carbonyl (C=O) groups excluding carboxylic acids is 1. The predicted molar refractivity (Wildman–Crippen MR) is 137 cm³/mol. The Kier molecular flexibility index (Phi) is 7.43. The summed E-state index contributed by atoms with van der Waals surface area (Å²) in [6.45, 7) is 0.368. The molecule has 4 rings (SSSR count). The first-order valence-corrected chi connectivity index (χ1v) is 11.1. The first kappa shape index (κ1) is 23.6. The molecule has 0 spiro atoms. The van der Waals surface area contributed by atoms with E-state index in [0.717, 1.165) is 17.0 Å². The number of benzene rings is 4. The van der Waals surface area contributed by atoms with E-state index < -0.39 is 5.97 Å². The molecule has 6 heteroatoms. The fourth-order valence-electron chi connectivity index (χ4n) is 3.68. The summed E-state index contributed by atoms with van der Waals surface area (Å²) in [4.78, 5) is 23.9. The highest BCUT2D eigenvalue weighted by Gasteiger charge is 2.11. The quantitative estimate of drug-likeness (QED) is 0.303. The van der Waals surface area contributed by atoms with Crippen LogP contribution in [0, 0.1) is 0 Å². The third-order valence-corrected chi connectivity index (χ3v) is 5.47. The van der Waals surface area contributed by atoms with Crippen molar-refractivity contribution in [3.05, 3.63) is 108 Å². The molecule has 0 radical (unpaired) electrons. The summed E-state index contributed by atoms with van der Waals surface area (Å²) in [6, 6.07) is 26.4. The van der Waals surface area contributed by atoms with Crippen LogP contribution in [0.3, 0.4) is 0 Å². The number of fused-ring (bicyclic) bond motifs is 1. The van der Waals surface area contributed by atoms with Crippen LogP contribution in [-0.4, -0.2) is 30.7 Å². The number of carboxylic acid groups (broad SMARTS) is 1. The van der Waals surface area contributed by atoms with Crippen LogP contribution >= 0.6 is 0 Å². The number of carbonyl (C=O) groups is 2. The minimum Gasteiger partial charge on any atom is -0.497 e. The van der Waals surface area contributed by atoms with E-state index in [1.54, 1.807) is 49.6 Å². The van der Waals surface area contributed by atoms with Gasteiger partial charge in [0.05, 0.1) is 13.7 Å². The fourth-order valence-corrected chi connectivity index (χ4v) is 3.68. The highest BCUT2D eigenvalue weighted by molar-refractivity contribution is 6.05. The Morgan fingerprint density at radius 2 is 1.74 bits per heavy atom. The van der Waals surface area contributed by atoms with Crippen LogP contribution in [0.2, 0.25) is 0 Å². The van der Waals surface area contributed by atoms with Crippen molar-refractivity contribution in [3.8, 4) is 11.5 Å². The molecule has 0 atom stereocenters. The monoisotopic (exact) mass is 467 g/mol. The molecule has 4 aromatic rings. The van der Waals surface area contributed by atoms with E-state index in [9.17, 15) is 9.59 Å². The van der Waals surface area contributed by atoms with Gasteiger partial charge < -0.3 is 19.9 Å². The van der Waals surface area contributed by atoms with Crippen molar-refractivity contribution in [3.63, 3.8) is 0 Å². The van der Waals surface area contributed by atoms with Crippen LogP contribution in [0.5, 0.6) is 11.5 Å². The molecule has 1 amide bonds. The molecule has 0 unspecified atom stereocenters. The number of methoxy groups -OCH3 is 1. The molecule has 0 bridgehead atoms. The van der Waals surface area contributed by atoms with Gasteiger partial charge in [0.25, 0.3) is 5.91 Å². The Bertz CT molecular complexity index is 1390. The van der Waals surface area contributed by atoms with Gasteiger partial charge in [-0.2, -0.15) is 0 Å². The normalized spacial score (nSPS) is 10.9. The number of hydrogen-bond acceptors (Lipinski definition) is 4. The molecule has 6 nitrogen and oxygen atoms in total. The number of nitrogens with one attached hydrogen (secondary N) is 1. The maximum Gasteiger partial charge on any atom is 0.328 e. The third kappa shape index (κ3) is 6.26. The van der Waals surface area contributed by atoms with Crippen molar-refractivity contribution in [2.24, 2.45) is 0 Å². The second-order valence-corrected chi connectivity index (χ2v) is 7.89. The molecule has 0 aliphatic carbocycles. The second-order valence-electron chi connectivity index (χ2n) is 7.89. The standard InChI is InChI=1S/C29H25NO5/c1-34-26-8-4-7-25(19-26)30-29(33)24-12-11-22(13-14-28(31)32)27(18-24)35-16-15-20-9-10-21-5-2-3-6-23(21)17-20/h2-14,17-19H,15-16H2,1H3,(H,30,33)(H,31,32)/b14-13+. The number of rotatable bonds is 9. The summed E-state index contributed by atoms with van der Waals surface area (Å²) in [7, 11) is 1.56. The molecule has 0 saturated carbocycles. The van der Waals surface area contributed by atoms with E-state index in [-0.39, 0.29) is 5.91 Å². The molecule has 35 heavy (non-hydrogen) atoms. The van der Waals surface area contributed by atoms with E-state index in [1.807, 2.05) is 12.1 Å². The number of carboxylic acids is 1. The summed E-state index contributed by atoms with van der Waals surface area (Å²) < 4.78 is 11.2. The molecule has 0 fully saturated rings. The van der Waals surface area contributed by atoms with Crippen molar-refractivity contribution in [1.82, 2.24) is 0 Å². The largest absolute Gasteiger partial charge is 0.497 e. The van der Waals surface area contributed by atoms with Crippen molar-refractivity contribution >= 4 is 34.4 Å². The Balaban J connectivity index is 1.51. The van der Waals surface area contributed by atoms with Gasteiger partial charge in [0.1, 0.15) is 11.5 Å². The lowest BCUT2D eigenvalue weighted by Gasteiger charge is -2.12.